The molecule has 25 heavy (non-hydrogen) atoms. The molecular weight excluding hydrogens is 324 g/mol. The molecule has 0 unspecified atom stereocenters. The van der Waals surface area contributed by atoms with E-state index in [0.29, 0.717) is 17.3 Å². The largest absolute Gasteiger partial charge is 0.482 e. The van der Waals surface area contributed by atoms with Crippen molar-refractivity contribution in [3.05, 3.63) is 35.9 Å². The highest BCUT2D eigenvalue weighted by atomic mass is 16.5. The molecule has 1 aliphatic rings. The number of carbonyl (C=O) groups is 2. The Labute approximate surface area is 144 Å². The smallest absolute Gasteiger partial charge is 0.315 e. The summed E-state index contributed by atoms with van der Waals surface area (Å²) in [6.07, 6.45) is 1.58. The molecule has 0 aliphatic carbocycles. The van der Waals surface area contributed by atoms with E-state index in [1.807, 2.05) is 27.0 Å². The molecule has 2 atom stereocenters. The molecule has 2 aromatic rings. The van der Waals surface area contributed by atoms with Gasteiger partial charge in [-0.05, 0) is 31.5 Å². The average Bonchev–Trinajstić information content (AvgIpc) is 3.00. The number of urea groups is 1. The van der Waals surface area contributed by atoms with Gasteiger partial charge in [-0.3, -0.25) is 4.79 Å². The van der Waals surface area contributed by atoms with Gasteiger partial charge < -0.3 is 25.3 Å². The Bertz CT molecular complexity index is 803. The number of rotatable bonds is 4. The maximum absolute atomic E-state index is 12.2. The summed E-state index contributed by atoms with van der Waals surface area (Å²) >= 11 is 0. The summed E-state index contributed by atoms with van der Waals surface area (Å²) in [4.78, 5) is 23.6. The Morgan fingerprint density at radius 3 is 2.80 bits per heavy atom. The number of fused-ring (bicyclic) bond motifs is 1. The van der Waals surface area contributed by atoms with Crippen LogP contribution in [0.5, 0.6) is 5.75 Å². The third-order valence-electron chi connectivity index (χ3n) is 3.97. The van der Waals surface area contributed by atoms with Gasteiger partial charge in [0.15, 0.2) is 12.4 Å². The molecule has 0 radical (unpaired) electrons. The van der Waals surface area contributed by atoms with Gasteiger partial charge in [0.25, 0.3) is 5.91 Å². The van der Waals surface area contributed by atoms with E-state index in [-0.39, 0.29) is 30.6 Å². The fourth-order valence-corrected chi connectivity index (χ4v) is 2.64. The normalized spacial score (nSPS) is 15.4. The molecule has 132 valence electrons. The Morgan fingerprint density at radius 1 is 1.32 bits per heavy atom. The Balaban J connectivity index is 1.63. The number of aryl methyl sites for hydroxylation is 1. The first-order valence-electron chi connectivity index (χ1n) is 7.91. The first kappa shape index (κ1) is 16.7. The minimum atomic E-state index is -0.319. The van der Waals surface area contributed by atoms with Gasteiger partial charge in [0, 0.05) is 7.05 Å². The van der Waals surface area contributed by atoms with Crippen LogP contribution in [0.25, 0.3) is 0 Å². The molecule has 0 saturated carbocycles. The summed E-state index contributed by atoms with van der Waals surface area (Å²) in [6, 6.07) is 4.58. The molecule has 9 nitrogen and oxygen atoms in total. The molecular formula is C16H20N6O3. The lowest BCUT2D eigenvalue weighted by Gasteiger charge is -2.21. The predicted molar refractivity (Wildman–Crippen MR) is 90.1 cm³/mol. The summed E-state index contributed by atoms with van der Waals surface area (Å²) in [7, 11) is 1.82. The van der Waals surface area contributed by atoms with Gasteiger partial charge in [-0.25, -0.2) is 4.79 Å². The first-order chi connectivity index (χ1) is 11.9. The molecule has 2 heterocycles. The van der Waals surface area contributed by atoms with Gasteiger partial charge in [0.1, 0.15) is 12.1 Å². The van der Waals surface area contributed by atoms with Crippen molar-refractivity contribution in [3.63, 3.8) is 0 Å². The predicted octanol–water partition coefficient (Wildman–Crippen LogP) is 1.27. The number of hydrogen-bond donors (Lipinski definition) is 3. The minimum Gasteiger partial charge on any atom is -0.482 e. The van der Waals surface area contributed by atoms with E-state index in [2.05, 4.69) is 26.1 Å². The highest BCUT2D eigenvalue weighted by molar-refractivity contribution is 5.95. The second-order valence-electron chi connectivity index (χ2n) is 5.95. The van der Waals surface area contributed by atoms with Crippen LogP contribution in [0.15, 0.2) is 24.5 Å². The zero-order valence-corrected chi connectivity index (χ0v) is 14.2. The summed E-state index contributed by atoms with van der Waals surface area (Å²) in [6.45, 7) is 3.71. The van der Waals surface area contributed by atoms with E-state index in [0.717, 1.165) is 5.56 Å². The van der Waals surface area contributed by atoms with Crippen LogP contribution < -0.4 is 20.7 Å². The summed E-state index contributed by atoms with van der Waals surface area (Å²) in [5.74, 6) is 1.09. The third kappa shape index (κ3) is 3.70. The number of benzene rings is 1. The van der Waals surface area contributed by atoms with Gasteiger partial charge >= 0.3 is 6.03 Å². The van der Waals surface area contributed by atoms with Crippen LogP contribution in [0, 0.1) is 0 Å². The fraction of sp³-hybridized carbons (Fsp3) is 0.375. The van der Waals surface area contributed by atoms with Crippen LogP contribution in [0.4, 0.5) is 10.5 Å². The number of hydrogen-bond acceptors (Lipinski definition) is 5. The fourth-order valence-electron chi connectivity index (χ4n) is 2.64. The second-order valence-corrected chi connectivity index (χ2v) is 5.95. The lowest BCUT2D eigenvalue weighted by Crippen LogP contribution is -2.39. The Kier molecular flexibility index (Phi) is 4.55. The molecule has 3 rings (SSSR count). The van der Waals surface area contributed by atoms with Crippen LogP contribution in [-0.4, -0.2) is 33.3 Å². The van der Waals surface area contributed by atoms with E-state index in [9.17, 15) is 9.59 Å². The van der Waals surface area contributed by atoms with Crippen molar-refractivity contribution >= 4 is 17.6 Å². The molecule has 0 spiro atoms. The van der Waals surface area contributed by atoms with Crippen molar-refractivity contribution in [1.29, 1.82) is 0 Å². The number of ether oxygens (including phenoxy) is 1. The van der Waals surface area contributed by atoms with Gasteiger partial charge in [-0.15, -0.1) is 10.2 Å². The molecule has 1 aromatic heterocycles. The van der Waals surface area contributed by atoms with Crippen LogP contribution in [0.2, 0.25) is 0 Å². The van der Waals surface area contributed by atoms with E-state index in [4.69, 9.17) is 4.74 Å². The van der Waals surface area contributed by atoms with Crippen molar-refractivity contribution in [2.24, 2.45) is 7.05 Å². The van der Waals surface area contributed by atoms with Gasteiger partial charge in [0.05, 0.1) is 17.8 Å². The van der Waals surface area contributed by atoms with Crippen LogP contribution in [-0.2, 0) is 11.8 Å². The van der Waals surface area contributed by atoms with Crippen LogP contribution in [0.3, 0.4) is 0 Å². The lowest BCUT2D eigenvalue weighted by atomic mass is 10.1. The molecule has 3 N–H and O–H groups in total. The number of aromatic nitrogens is 3. The average molecular weight is 344 g/mol. The number of nitrogens with one attached hydrogen (secondary N) is 3. The van der Waals surface area contributed by atoms with Gasteiger partial charge in [-0.2, -0.15) is 0 Å². The standard InChI is InChI=1S/C16H20N6O3/c1-9(11-4-5-13-12(6-11)20-14(23)7-25-13)18-16(24)19-10(2)15-21-17-8-22(15)3/h4-6,8-10H,7H2,1-3H3,(H,20,23)(H2,18,19,24)/t9-,10+/m1/s1. The monoisotopic (exact) mass is 344 g/mol. The van der Waals surface area contributed by atoms with E-state index in [1.54, 1.807) is 23.0 Å². The van der Waals surface area contributed by atoms with Crippen molar-refractivity contribution < 1.29 is 14.3 Å². The number of anilines is 1. The van der Waals surface area contributed by atoms with Crippen molar-refractivity contribution in [2.75, 3.05) is 11.9 Å². The zero-order chi connectivity index (χ0) is 18.0. The highest BCUT2D eigenvalue weighted by Gasteiger charge is 2.19. The van der Waals surface area contributed by atoms with E-state index in [1.165, 1.54) is 0 Å². The summed E-state index contributed by atoms with van der Waals surface area (Å²) in [5.41, 5.74) is 1.46. The lowest BCUT2D eigenvalue weighted by molar-refractivity contribution is -0.118. The second kappa shape index (κ2) is 6.80. The summed E-state index contributed by atoms with van der Waals surface area (Å²) in [5, 5.41) is 16.2. The van der Waals surface area contributed by atoms with Crippen molar-refractivity contribution in [3.8, 4) is 5.75 Å². The zero-order valence-electron chi connectivity index (χ0n) is 14.2. The maximum atomic E-state index is 12.2. The minimum absolute atomic E-state index is 0.0164. The molecule has 0 saturated heterocycles. The van der Waals surface area contributed by atoms with Gasteiger partial charge in [-0.1, -0.05) is 6.07 Å². The number of nitrogens with zero attached hydrogens (tertiary/aromatic N) is 3. The Morgan fingerprint density at radius 2 is 2.08 bits per heavy atom. The van der Waals surface area contributed by atoms with E-state index < -0.39 is 0 Å². The number of carbonyl (C=O) groups excluding carboxylic acids is 2. The topological polar surface area (TPSA) is 110 Å². The van der Waals surface area contributed by atoms with Crippen LogP contribution in [0.1, 0.15) is 37.3 Å². The quantitative estimate of drug-likeness (QED) is 0.773. The molecule has 1 aromatic carbocycles. The van der Waals surface area contributed by atoms with Gasteiger partial charge in [0.2, 0.25) is 0 Å². The molecule has 3 amide bonds. The molecule has 1 aliphatic heterocycles. The number of amides is 3. The van der Waals surface area contributed by atoms with Crippen molar-refractivity contribution in [2.45, 2.75) is 25.9 Å². The molecule has 0 bridgehead atoms. The highest BCUT2D eigenvalue weighted by Crippen LogP contribution is 2.30. The first-order valence-corrected chi connectivity index (χ1v) is 7.91. The van der Waals surface area contributed by atoms with Crippen molar-refractivity contribution in [1.82, 2.24) is 25.4 Å². The maximum Gasteiger partial charge on any atom is 0.315 e. The molecule has 0 fully saturated rings. The molecule has 9 heteroatoms. The Hall–Kier alpha value is -3.10. The van der Waals surface area contributed by atoms with Crippen LogP contribution >= 0.6 is 0 Å². The SMILES string of the molecule is C[C@H](NC(=O)N[C@H](C)c1ccc2c(c1)NC(=O)CO2)c1nncn1C. The third-order valence-corrected chi connectivity index (χ3v) is 3.97. The van der Waals surface area contributed by atoms with E-state index >= 15 is 0 Å². The summed E-state index contributed by atoms with van der Waals surface area (Å²) < 4.78 is 7.08.